The second-order valence-corrected chi connectivity index (χ2v) is 8.09. The molecule has 0 bridgehead atoms. The number of amides is 1. The fourth-order valence-electron chi connectivity index (χ4n) is 4.47. The summed E-state index contributed by atoms with van der Waals surface area (Å²) in [7, 11) is 0. The minimum absolute atomic E-state index is 0.0909. The molecule has 1 heterocycles. The van der Waals surface area contributed by atoms with E-state index >= 15 is 0 Å². The predicted octanol–water partition coefficient (Wildman–Crippen LogP) is 6.42. The lowest BCUT2D eigenvalue weighted by Gasteiger charge is -2.37. The van der Waals surface area contributed by atoms with Gasteiger partial charge in [-0.15, -0.1) is 0 Å². The van der Waals surface area contributed by atoms with Crippen molar-refractivity contribution in [2.45, 2.75) is 18.4 Å². The van der Waals surface area contributed by atoms with Gasteiger partial charge in [-0.3, -0.25) is 4.79 Å². The molecule has 0 fully saturated rings. The zero-order chi connectivity index (χ0) is 19.8. The van der Waals surface area contributed by atoms with E-state index in [1.165, 1.54) is 11.1 Å². The largest absolute Gasteiger partial charge is 0.378 e. The van der Waals surface area contributed by atoms with Crippen LogP contribution in [0.5, 0.6) is 0 Å². The Kier molecular flexibility index (Phi) is 4.61. The summed E-state index contributed by atoms with van der Waals surface area (Å²) in [4.78, 5) is 12.5. The maximum absolute atomic E-state index is 12.5. The number of benzene rings is 3. The van der Waals surface area contributed by atoms with Crippen LogP contribution in [0, 0.1) is 5.92 Å². The third-order valence-corrected chi connectivity index (χ3v) is 6.14. The second-order valence-electron chi connectivity index (χ2n) is 7.65. The number of hydrogen-bond donors (Lipinski definition) is 2. The molecule has 0 radical (unpaired) electrons. The highest BCUT2D eigenvalue weighted by Gasteiger charge is 2.37. The first-order valence-electron chi connectivity index (χ1n) is 9.88. The van der Waals surface area contributed by atoms with Gasteiger partial charge in [-0.25, -0.2) is 0 Å². The Bertz CT molecular complexity index is 1080. The van der Waals surface area contributed by atoms with E-state index in [4.69, 9.17) is 11.6 Å². The van der Waals surface area contributed by atoms with Gasteiger partial charge in [0, 0.05) is 27.9 Å². The Labute approximate surface area is 175 Å². The van der Waals surface area contributed by atoms with E-state index in [0.717, 1.165) is 22.8 Å². The molecule has 4 heteroatoms. The lowest BCUT2D eigenvalue weighted by atomic mass is 9.77. The van der Waals surface area contributed by atoms with Gasteiger partial charge in [0.2, 0.25) is 0 Å². The van der Waals surface area contributed by atoms with Crippen LogP contribution >= 0.6 is 11.6 Å². The molecular formula is C25H21ClN2O. The molecule has 0 saturated carbocycles. The van der Waals surface area contributed by atoms with E-state index in [2.05, 4.69) is 47.1 Å². The second kappa shape index (κ2) is 7.41. The molecule has 2 N–H and O–H groups in total. The van der Waals surface area contributed by atoms with Gasteiger partial charge in [-0.05, 0) is 65.9 Å². The molecule has 1 aliphatic carbocycles. The fraction of sp³-hybridized carbons (Fsp3) is 0.160. The lowest BCUT2D eigenvalue weighted by Crippen LogP contribution is -2.29. The topological polar surface area (TPSA) is 41.1 Å². The molecule has 144 valence electrons. The average Bonchev–Trinajstić information content (AvgIpc) is 3.25. The zero-order valence-electron chi connectivity index (χ0n) is 15.8. The number of allylic oxidation sites excluding steroid dienone is 2. The molecular weight excluding hydrogens is 380 g/mol. The van der Waals surface area contributed by atoms with Crippen LogP contribution in [0.1, 0.15) is 39.9 Å². The van der Waals surface area contributed by atoms with Crippen molar-refractivity contribution in [1.29, 1.82) is 0 Å². The van der Waals surface area contributed by atoms with Gasteiger partial charge >= 0.3 is 0 Å². The third-order valence-electron chi connectivity index (χ3n) is 5.89. The number of carbonyl (C=O) groups excluding carboxylic acids is 1. The van der Waals surface area contributed by atoms with Crippen molar-refractivity contribution < 1.29 is 4.79 Å². The summed E-state index contributed by atoms with van der Waals surface area (Å²) >= 11 is 6.08. The van der Waals surface area contributed by atoms with Gasteiger partial charge < -0.3 is 10.6 Å². The normalized spacial score (nSPS) is 21.8. The third kappa shape index (κ3) is 3.43. The van der Waals surface area contributed by atoms with Crippen molar-refractivity contribution in [3.8, 4) is 0 Å². The Morgan fingerprint density at radius 2 is 1.79 bits per heavy atom. The molecule has 1 amide bonds. The molecule has 0 spiro atoms. The smallest absolute Gasteiger partial charge is 0.255 e. The van der Waals surface area contributed by atoms with Gasteiger partial charge in [0.15, 0.2) is 0 Å². The number of hydrogen-bond acceptors (Lipinski definition) is 2. The minimum Gasteiger partial charge on any atom is -0.378 e. The molecule has 3 aromatic carbocycles. The minimum atomic E-state index is -0.0909. The molecule has 1 aliphatic heterocycles. The Balaban J connectivity index is 1.44. The number of anilines is 2. The van der Waals surface area contributed by atoms with Crippen LogP contribution in [0.4, 0.5) is 11.4 Å². The molecule has 0 saturated heterocycles. The maximum Gasteiger partial charge on any atom is 0.255 e. The first-order chi connectivity index (χ1) is 14.2. The standard InChI is InChI=1S/C25H21ClN2O/c26-18-11-9-16(10-12-18)24-21-8-4-7-20(21)22-15-19(13-14-23(22)28-24)27-25(29)17-5-2-1-3-6-17/h1-7,9-15,20-21,24,28H,8H2,(H,27,29). The molecule has 3 nitrogen and oxygen atoms in total. The number of fused-ring (bicyclic) bond motifs is 3. The van der Waals surface area contributed by atoms with E-state index in [9.17, 15) is 4.79 Å². The SMILES string of the molecule is O=C(Nc1ccc2c(c1)C1C=CCC1C(c1ccc(Cl)cc1)N2)c1ccccc1. The van der Waals surface area contributed by atoms with Gasteiger partial charge in [-0.2, -0.15) is 0 Å². The summed E-state index contributed by atoms with van der Waals surface area (Å²) in [5.41, 5.74) is 5.09. The van der Waals surface area contributed by atoms with Crippen LogP contribution in [0.25, 0.3) is 0 Å². The van der Waals surface area contributed by atoms with Gasteiger partial charge in [0.25, 0.3) is 5.91 Å². The van der Waals surface area contributed by atoms with Gasteiger partial charge in [-0.1, -0.05) is 54.1 Å². The molecule has 3 atom stereocenters. The molecule has 0 aromatic heterocycles. The van der Waals surface area contributed by atoms with Crippen molar-refractivity contribution in [3.63, 3.8) is 0 Å². The summed E-state index contributed by atoms with van der Waals surface area (Å²) in [5, 5.41) is 7.51. The van der Waals surface area contributed by atoms with Crippen LogP contribution in [0.15, 0.2) is 84.9 Å². The molecule has 5 rings (SSSR count). The average molecular weight is 401 g/mol. The van der Waals surface area contributed by atoms with Crippen molar-refractivity contribution in [1.82, 2.24) is 0 Å². The Hall–Kier alpha value is -3.04. The summed E-state index contributed by atoms with van der Waals surface area (Å²) in [6.45, 7) is 0. The first kappa shape index (κ1) is 18.0. The van der Waals surface area contributed by atoms with Crippen LogP contribution in [-0.2, 0) is 0 Å². The van der Waals surface area contributed by atoms with Crippen LogP contribution in [-0.4, -0.2) is 5.91 Å². The number of rotatable bonds is 3. The predicted molar refractivity (Wildman–Crippen MR) is 119 cm³/mol. The molecule has 3 unspecified atom stereocenters. The monoisotopic (exact) mass is 400 g/mol. The highest BCUT2D eigenvalue weighted by molar-refractivity contribution is 6.30. The summed E-state index contributed by atoms with van der Waals surface area (Å²) in [5.74, 6) is 0.691. The van der Waals surface area contributed by atoms with E-state index in [0.29, 0.717) is 17.4 Å². The van der Waals surface area contributed by atoms with E-state index in [1.807, 2.05) is 48.5 Å². The van der Waals surface area contributed by atoms with E-state index in [1.54, 1.807) is 0 Å². The van der Waals surface area contributed by atoms with Gasteiger partial charge in [0.05, 0.1) is 6.04 Å². The number of halogens is 1. The quantitative estimate of drug-likeness (QED) is 0.498. The summed E-state index contributed by atoms with van der Waals surface area (Å²) < 4.78 is 0. The molecule has 2 aliphatic rings. The van der Waals surface area contributed by atoms with Crippen molar-refractivity contribution in [3.05, 3.63) is 107 Å². The maximum atomic E-state index is 12.5. The highest BCUT2D eigenvalue weighted by Crippen LogP contribution is 2.50. The number of nitrogens with one attached hydrogen (secondary N) is 2. The highest BCUT2D eigenvalue weighted by atomic mass is 35.5. The first-order valence-corrected chi connectivity index (χ1v) is 10.3. The Morgan fingerprint density at radius 1 is 1.00 bits per heavy atom. The fourth-order valence-corrected chi connectivity index (χ4v) is 4.59. The van der Waals surface area contributed by atoms with Crippen LogP contribution in [0.2, 0.25) is 5.02 Å². The summed E-state index contributed by atoms with van der Waals surface area (Å²) in [6, 6.07) is 23.8. The van der Waals surface area contributed by atoms with Gasteiger partial charge in [0.1, 0.15) is 0 Å². The zero-order valence-corrected chi connectivity index (χ0v) is 16.6. The molecule has 3 aromatic rings. The van der Waals surface area contributed by atoms with Crippen LogP contribution < -0.4 is 10.6 Å². The van der Waals surface area contributed by atoms with E-state index < -0.39 is 0 Å². The number of carbonyl (C=O) groups is 1. The molecule has 29 heavy (non-hydrogen) atoms. The van der Waals surface area contributed by atoms with Crippen molar-refractivity contribution in [2.24, 2.45) is 5.92 Å². The van der Waals surface area contributed by atoms with Crippen molar-refractivity contribution >= 4 is 28.9 Å². The Morgan fingerprint density at radius 3 is 2.59 bits per heavy atom. The van der Waals surface area contributed by atoms with Crippen LogP contribution in [0.3, 0.4) is 0 Å². The van der Waals surface area contributed by atoms with E-state index in [-0.39, 0.29) is 11.9 Å². The lowest BCUT2D eigenvalue weighted by molar-refractivity contribution is 0.102. The summed E-state index contributed by atoms with van der Waals surface area (Å²) in [6.07, 6.45) is 5.60. The van der Waals surface area contributed by atoms with Crippen molar-refractivity contribution in [2.75, 3.05) is 10.6 Å².